The molecule has 1 atom stereocenters. The van der Waals surface area contributed by atoms with Crippen LogP contribution < -0.4 is 5.32 Å². The largest absolute Gasteiger partial charge is 0.481 e. The number of nitrogens with one attached hydrogen (secondary N) is 1. The van der Waals surface area contributed by atoms with Crippen molar-refractivity contribution in [1.82, 2.24) is 5.32 Å². The van der Waals surface area contributed by atoms with Crippen LogP contribution in [0, 0.1) is 10.8 Å². The first-order valence-electron chi connectivity index (χ1n) is 10.5. The summed E-state index contributed by atoms with van der Waals surface area (Å²) in [6, 6.07) is 16.3. The monoisotopic (exact) mass is 407 g/mol. The van der Waals surface area contributed by atoms with Gasteiger partial charge in [0.1, 0.15) is 6.61 Å². The smallest absolute Gasteiger partial charge is 0.407 e. The predicted octanol–water partition coefficient (Wildman–Crippen LogP) is 3.80. The highest BCUT2D eigenvalue weighted by Gasteiger charge is 2.71. The van der Waals surface area contributed by atoms with Crippen molar-refractivity contribution < 1.29 is 24.2 Å². The molecule has 6 heteroatoms. The zero-order valence-electron chi connectivity index (χ0n) is 16.7. The molecule has 1 amide bonds. The molecule has 2 aromatic carbocycles. The highest BCUT2D eigenvalue weighted by atomic mass is 16.5. The molecule has 0 radical (unpaired) electrons. The molecule has 2 N–H and O–H groups in total. The van der Waals surface area contributed by atoms with E-state index in [0.29, 0.717) is 19.6 Å². The standard InChI is InChI=1S/C24H25NO5/c26-21(27)24(14-23(24)9-11-29-12-10-23)15-25-22(28)30-13-20-18-7-3-1-5-16(18)17-6-2-4-8-19(17)20/h1-8,20H,9-15H2,(H,25,28)(H,26,27). The number of fused-ring (bicyclic) bond motifs is 3. The minimum atomic E-state index is -0.900. The van der Waals surface area contributed by atoms with E-state index in [1.54, 1.807) is 0 Å². The van der Waals surface area contributed by atoms with Crippen LogP contribution in [-0.2, 0) is 14.3 Å². The third-order valence-corrected chi connectivity index (χ3v) is 7.27. The van der Waals surface area contributed by atoms with Crippen molar-refractivity contribution in [3.8, 4) is 11.1 Å². The van der Waals surface area contributed by atoms with Gasteiger partial charge in [0.2, 0.25) is 0 Å². The fraction of sp³-hybridized carbons (Fsp3) is 0.417. The zero-order chi connectivity index (χ0) is 20.8. The predicted molar refractivity (Wildman–Crippen MR) is 110 cm³/mol. The molecule has 1 saturated heterocycles. The van der Waals surface area contributed by atoms with Crippen molar-refractivity contribution in [2.24, 2.45) is 10.8 Å². The van der Waals surface area contributed by atoms with Crippen molar-refractivity contribution in [1.29, 1.82) is 0 Å². The van der Waals surface area contributed by atoms with Gasteiger partial charge in [-0.05, 0) is 46.9 Å². The first-order valence-corrected chi connectivity index (χ1v) is 10.5. The normalized spacial score (nSPS) is 23.5. The summed E-state index contributed by atoms with van der Waals surface area (Å²) in [5.74, 6) is -0.859. The quantitative estimate of drug-likeness (QED) is 0.788. The Balaban J connectivity index is 1.24. The molecule has 1 aliphatic heterocycles. The summed E-state index contributed by atoms with van der Waals surface area (Å²) >= 11 is 0. The van der Waals surface area contributed by atoms with Gasteiger partial charge in [0.15, 0.2) is 0 Å². The molecular formula is C24H25NO5. The van der Waals surface area contributed by atoms with Gasteiger partial charge >= 0.3 is 12.1 Å². The van der Waals surface area contributed by atoms with Crippen LogP contribution in [0.25, 0.3) is 11.1 Å². The Morgan fingerprint density at radius 2 is 1.63 bits per heavy atom. The molecule has 5 rings (SSSR count). The maximum absolute atomic E-state index is 12.4. The van der Waals surface area contributed by atoms with E-state index in [2.05, 4.69) is 29.6 Å². The Morgan fingerprint density at radius 1 is 1.03 bits per heavy atom. The lowest BCUT2D eigenvalue weighted by atomic mass is 9.86. The number of carbonyl (C=O) groups excluding carboxylic acids is 1. The topological polar surface area (TPSA) is 84.9 Å². The number of amides is 1. The zero-order valence-corrected chi connectivity index (χ0v) is 16.7. The van der Waals surface area contributed by atoms with E-state index in [1.165, 1.54) is 11.1 Å². The van der Waals surface area contributed by atoms with Gasteiger partial charge in [-0.3, -0.25) is 4.79 Å². The number of alkyl carbamates (subject to hydrolysis) is 1. The van der Waals surface area contributed by atoms with E-state index in [4.69, 9.17) is 9.47 Å². The van der Waals surface area contributed by atoms with Gasteiger partial charge in [-0.2, -0.15) is 0 Å². The lowest BCUT2D eigenvalue weighted by Gasteiger charge is -2.27. The molecule has 6 nitrogen and oxygen atoms in total. The lowest BCUT2D eigenvalue weighted by Crippen LogP contribution is -2.39. The van der Waals surface area contributed by atoms with E-state index in [9.17, 15) is 14.7 Å². The molecule has 1 saturated carbocycles. The van der Waals surface area contributed by atoms with E-state index in [0.717, 1.165) is 24.0 Å². The maximum Gasteiger partial charge on any atom is 0.407 e. The summed E-state index contributed by atoms with van der Waals surface area (Å²) < 4.78 is 10.9. The average molecular weight is 407 g/mol. The van der Waals surface area contributed by atoms with Crippen LogP contribution in [0.15, 0.2) is 48.5 Å². The van der Waals surface area contributed by atoms with Crippen molar-refractivity contribution in [3.05, 3.63) is 59.7 Å². The van der Waals surface area contributed by atoms with Crippen LogP contribution in [0.5, 0.6) is 0 Å². The van der Waals surface area contributed by atoms with Gasteiger partial charge in [-0.25, -0.2) is 4.79 Å². The molecule has 1 heterocycles. The second-order valence-electron chi connectivity index (χ2n) is 8.64. The van der Waals surface area contributed by atoms with Crippen LogP contribution in [0.3, 0.4) is 0 Å². The Labute approximate surface area is 175 Å². The number of hydrogen-bond donors (Lipinski definition) is 2. The number of carboxylic acids is 1. The summed E-state index contributed by atoms with van der Waals surface area (Å²) in [7, 11) is 0. The molecule has 0 bridgehead atoms. The Bertz CT molecular complexity index is 951. The highest BCUT2D eigenvalue weighted by molar-refractivity contribution is 5.82. The number of benzene rings is 2. The molecule has 2 aromatic rings. The number of aliphatic carboxylic acids is 1. The van der Waals surface area contributed by atoms with Crippen molar-refractivity contribution in [2.45, 2.75) is 25.2 Å². The molecule has 2 fully saturated rings. The summed E-state index contributed by atoms with van der Waals surface area (Å²) in [4.78, 5) is 24.4. The van der Waals surface area contributed by atoms with Gasteiger partial charge in [0.25, 0.3) is 0 Å². The van der Waals surface area contributed by atoms with Gasteiger partial charge in [-0.1, -0.05) is 48.5 Å². The van der Waals surface area contributed by atoms with Crippen LogP contribution in [0.2, 0.25) is 0 Å². The Morgan fingerprint density at radius 3 is 2.23 bits per heavy atom. The van der Waals surface area contributed by atoms with E-state index in [1.807, 2.05) is 24.3 Å². The third kappa shape index (κ3) is 2.89. The number of ether oxygens (including phenoxy) is 2. The van der Waals surface area contributed by atoms with Crippen LogP contribution in [0.1, 0.15) is 36.3 Å². The molecule has 2 aliphatic carbocycles. The second kappa shape index (κ2) is 7.13. The van der Waals surface area contributed by atoms with Crippen molar-refractivity contribution in [3.63, 3.8) is 0 Å². The molecule has 1 unspecified atom stereocenters. The highest BCUT2D eigenvalue weighted by Crippen LogP contribution is 2.68. The fourth-order valence-corrected chi connectivity index (χ4v) is 5.45. The molecule has 156 valence electrons. The van der Waals surface area contributed by atoms with Gasteiger partial charge in [0.05, 0.1) is 5.41 Å². The van der Waals surface area contributed by atoms with E-state index >= 15 is 0 Å². The lowest BCUT2D eigenvalue weighted by molar-refractivity contribution is -0.145. The average Bonchev–Trinajstić information content (AvgIpc) is 3.27. The second-order valence-corrected chi connectivity index (χ2v) is 8.64. The summed E-state index contributed by atoms with van der Waals surface area (Å²) in [6.07, 6.45) is 1.48. The molecule has 3 aliphatic rings. The maximum atomic E-state index is 12.4. The SMILES string of the molecule is O=C(NCC1(C(=O)O)CC12CCOCC2)OCC1c2ccccc2-c2ccccc21. The van der Waals surface area contributed by atoms with Crippen LogP contribution in [-0.4, -0.2) is 43.5 Å². The molecule has 30 heavy (non-hydrogen) atoms. The molecular weight excluding hydrogens is 382 g/mol. The van der Waals surface area contributed by atoms with Gasteiger partial charge < -0.3 is 19.9 Å². The number of hydrogen-bond acceptors (Lipinski definition) is 4. The van der Waals surface area contributed by atoms with E-state index < -0.39 is 17.5 Å². The molecule has 1 spiro atoms. The Hall–Kier alpha value is -2.86. The summed E-state index contributed by atoms with van der Waals surface area (Å²) in [5.41, 5.74) is 3.49. The van der Waals surface area contributed by atoms with Gasteiger partial charge in [-0.15, -0.1) is 0 Å². The number of carboxylic acid groups (broad SMARTS) is 1. The Kier molecular flexibility index (Phi) is 4.54. The molecule has 0 aromatic heterocycles. The third-order valence-electron chi connectivity index (χ3n) is 7.27. The van der Waals surface area contributed by atoms with Crippen LogP contribution in [0.4, 0.5) is 4.79 Å². The fourth-order valence-electron chi connectivity index (χ4n) is 5.45. The minimum Gasteiger partial charge on any atom is -0.481 e. The first kappa shape index (κ1) is 19.1. The van der Waals surface area contributed by atoms with Gasteiger partial charge in [0, 0.05) is 25.7 Å². The number of rotatable bonds is 5. The number of carbonyl (C=O) groups is 2. The first-order chi connectivity index (χ1) is 14.6. The van der Waals surface area contributed by atoms with Crippen molar-refractivity contribution in [2.75, 3.05) is 26.4 Å². The summed E-state index contributed by atoms with van der Waals surface area (Å²) in [5, 5.41) is 12.5. The minimum absolute atomic E-state index is 0.0145. The summed E-state index contributed by atoms with van der Waals surface area (Å²) in [6.45, 7) is 1.48. The van der Waals surface area contributed by atoms with E-state index in [-0.39, 0.29) is 24.5 Å². The van der Waals surface area contributed by atoms with Crippen LogP contribution >= 0.6 is 0 Å². The van der Waals surface area contributed by atoms with Crippen molar-refractivity contribution >= 4 is 12.1 Å².